The molecule has 4 nitrogen and oxygen atoms in total. The third kappa shape index (κ3) is 3.95. The van der Waals surface area contributed by atoms with Crippen molar-refractivity contribution in [3.63, 3.8) is 0 Å². The Morgan fingerprint density at radius 1 is 0.762 bits per heavy atom. The van der Waals surface area contributed by atoms with Crippen molar-refractivity contribution in [2.75, 3.05) is 0 Å². The quantitative estimate of drug-likeness (QED) is 0.617. The summed E-state index contributed by atoms with van der Waals surface area (Å²) in [4.78, 5) is 0. The van der Waals surface area contributed by atoms with Gasteiger partial charge in [-0.1, -0.05) is 0 Å². The largest absolute Gasteiger partial charge is 0.454 e. The van der Waals surface area contributed by atoms with E-state index in [1.807, 2.05) is 27.7 Å². The van der Waals surface area contributed by atoms with Gasteiger partial charge in [0.25, 0.3) is 0 Å². The van der Waals surface area contributed by atoms with Crippen LogP contribution in [0.1, 0.15) is 41.5 Å². The highest BCUT2D eigenvalue weighted by Gasteiger charge is 2.59. The Bertz CT molecular complexity index is 443. The molecule has 0 bridgehead atoms. The number of ether oxygens (including phenoxy) is 4. The Morgan fingerprint density at radius 3 is 1.24 bits per heavy atom. The van der Waals surface area contributed by atoms with E-state index in [4.69, 9.17) is 9.47 Å². The zero-order chi connectivity index (χ0) is 16.6. The van der Waals surface area contributed by atoms with E-state index in [0.717, 1.165) is 11.5 Å². The molecule has 122 valence electrons. The summed E-state index contributed by atoms with van der Waals surface area (Å²) in [7, 11) is 0. The van der Waals surface area contributed by atoms with Crippen molar-refractivity contribution in [2.24, 2.45) is 0 Å². The molecule has 2 aliphatic heterocycles. The third-order valence-corrected chi connectivity index (χ3v) is 2.81. The van der Waals surface area contributed by atoms with Gasteiger partial charge in [0.1, 0.15) is 11.5 Å². The zero-order valence-electron chi connectivity index (χ0n) is 12.6. The van der Waals surface area contributed by atoms with Gasteiger partial charge < -0.3 is 18.9 Å². The molecule has 0 aromatic carbocycles. The highest BCUT2D eigenvalue weighted by Crippen LogP contribution is 2.44. The number of allylic oxidation sites excluding steroid dienone is 2. The molecule has 0 spiro atoms. The molecule has 1 fully saturated rings. The fourth-order valence-electron chi connectivity index (χ4n) is 1.53. The molecule has 2 unspecified atom stereocenters. The Morgan fingerprint density at radius 2 is 1.10 bits per heavy atom. The van der Waals surface area contributed by atoms with E-state index in [1.165, 1.54) is 0 Å². The molecule has 21 heavy (non-hydrogen) atoms. The average Bonchev–Trinajstić information content (AvgIpc) is 2.61. The van der Waals surface area contributed by atoms with Crippen molar-refractivity contribution < 1.29 is 36.5 Å². The smallest absolute Gasteiger partial charge is 0.353 e. The summed E-state index contributed by atoms with van der Waals surface area (Å²) in [6, 6.07) is 0. The van der Waals surface area contributed by atoms with Gasteiger partial charge in [0.2, 0.25) is 5.79 Å². The zero-order valence-corrected chi connectivity index (χ0v) is 12.6. The lowest BCUT2D eigenvalue weighted by Gasteiger charge is -2.20. The van der Waals surface area contributed by atoms with Crippen LogP contribution in [0.2, 0.25) is 0 Å². The number of rotatable bonds is 0. The number of halogens is 4. The topological polar surface area (TPSA) is 36.9 Å². The van der Waals surface area contributed by atoms with Crippen LogP contribution >= 0.6 is 0 Å². The molecule has 0 aromatic heterocycles. The first-order chi connectivity index (χ1) is 9.27. The second-order valence-electron chi connectivity index (χ2n) is 5.30. The molecule has 2 atom stereocenters. The summed E-state index contributed by atoms with van der Waals surface area (Å²) in [6.07, 6.45) is -2.39. The molecule has 2 heterocycles. The van der Waals surface area contributed by atoms with Crippen LogP contribution in [0.15, 0.2) is 23.5 Å². The first-order valence-electron chi connectivity index (χ1n) is 6.14. The average molecular weight is 314 g/mol. The van der Waals surface area contributed by atoms with Gasteiger partial charge in [0, 0.05) is 27.7 Å². The SMILES string of the molecule is CC1(F)OC(=C(F)F)OC1(C)F.CC1=C(C)OC(C)(C)O1. The maximum atomic E-state index is 12.9. The second-order valence-corrected chi connectivity index (χ2v) is 5.30. The molecule has 2 aliphatic rings. The van der Waals surface area contributed by atoms with Gasteiger partial charge in [-0.2, -0.15) is 17.6 Å². The van der Waals surface area contributed by atoms with E-state index in [9.17, 15) is 17.6 Å². The van der Waals surface area contributed by atoms with Crippen LogP contribution < -0.4 is 0 Å². The number of alkyl halides is 2. The minimum absolute atomic E-state index is 0.436. The summed E-state index contributed by atoms with van der Waals surface area (Å²) in [6.45, 7) is 8.94. The van der Waals surface area contributed by atoms with E-state index in [2.05, 4.69) is 9.47 Å². The predicted octanol–water partition coefficient (Wildman–Crippen LogP) is 4.49. The first kappa shape index (κ1) is 17.5. The van der Waals surface area contributed by atoms with Crippen LogP contribution in [0.25, 0.3) is 0 Å². The van der Waals surface area contributed by atoms with Crippen molar-refractivity contribution in [2.45, 2.75) is 59.0 Å². The van der Waals surface area contributed by atoms with E-state index < -0.39 is 29.5 Å². The summed E-state index contributed by atoms with van der Waals surface area (Å²) >= 11 is 0. The van der Waals surface area contributed by atoms with Gasteiger partial charge in [-0.05, 0) is 13.8 Å². The van der Waals surface area contributed by atoms with Crippen molar-refractivity contribution in [3.8, 4) is 0 Å². The Kier molecular flexibility index (Phi) is 4.41. The molecule has 0 aromatic rings. The number of hydrogen-bond donors (Lipinski definition) is 0. The lowest BCUT2D eigenvalue weighted by Crippen LogP contribution is -2.39. The molecule has 0 N–H and O–H groups in total. The Balaban J connectivity index is 0.000000219. The maximum absolute atomic E-state index is 12.9. The first-order valence-corrected chi connectivity index (χ1v) is 6.14. The summed E-state index contributed by atoms with van der Waals surface area (Å²) in [5, 5.41) is 0. The summed E-state index contributed by atoms with van der Waals surface area (Å²) in [5.74, 6) is -5.82. The van der Waals surface area contributed by atoms with Gasteiger partial charge in [-0.25, -0.2) is 0 Å². The highest BCUT2D eigenvalue weighted by atomic mass is 19.3. The molecule has 0 radical (unpaired) electrons. The van der Waals surface area contributed by atoms with Gasteiger partial charge in [0.05, 0.1) is 0 Å². The van der Waals surface area contributed by atoms with E-state index in [0.29, 0.717) is 13.8 Å². The van der Waals surface area contributed by atoms with Gasteiger partial charge in [-0.15, -0.1) is 0 Å². The molecule has 0 saturated carbocycles. The van der Waals surface area contributed by atoms with Crippen LogP contribution in [0.4, 0.5) is 17.6 Å². The van der Waals surface area contributed by atoms with E-state index in [-0.39, 0.29) is 0 Å². The van der Waals surface area contributed by atoms with Gasteiger partial charge in [-0.3, -0.25) is 0 Å². The standard InChI is InChI=1S/C7H12O2.C6H6F4O2/c1-5-6(2)9-7(3,4)8-5;1-5(9)6(2,10)12-4(11-5)3(7)8/h1-4H3;1-2H3. The van der Waals surface area contributed by atoms with Crippen molar-refractivity contribution in [1.29, 1.82) is 0 Å². The summed E-state index contributed by atoms with van der Waals surface area (Å²) in [5.41, 5.74) is 0. The minimum Gasteiger partial charge on any atom is -0.454 e. The minimum atomic E-state index is -2.88. The molecule has 0 aliphatic carbocycles. The van der Waals surface area contributed by atoms with Crippen molar-refractivity contribution >= 4 is 0 Å². The van der Waals surface area contributed by atoms with Crippen LogP contribution in [0.3, 0.4) is 0 Å². The van der Waals surface area contributed by atoms with Gasteiger partial charge >= 0.3 is 23.7 Å². The Labute approximate surface area is 120 Å². The number of hydrogen-bond acceptors (Lipinski definition) is 4. The fraction of sp³-hybridized carbons (Fsp3) is 0.692. The molecular weight excluding hydrogens is 296 g/mol. The monoisotopic (exact) mass is 314 g/mol. The van der Waals surface area contributed by atoms with Gasteiger partial charge in [0.15, 0.2) is 0 Å². The van der Waals surface area contributed by atoms with E-state index >= 15 is 0 Å². The highest BCUT2D eigenvalue weighted by molar-refractivity contribution is 5.01. The second kappa shape index (κ2) is 5.31. The Hall–Kier alpha value is -1.60. The fourth-order valence-corrected chi connectivity index (χ4v) is 1.53. The van der Waals surface area contributed by atoms with Crippen LogP contribution in [0.5, 0.6) is 0 Å². The predicted molar refractivity (Wildman–Crippen MR) is 65.1 cm³/mol. The summed E-state index contributed by atoms with van der Waals surface area (Å²) < 4.78 is 67.7. The molecule has 2 rings (SSSR count). The van der Waals surface area contributed by atoms with Crippen LogP contribution in [-0.4, -0.2) is 17.5 Å². The molecule has 8 heteroatoms. The van der Waals surface area contributed by atoms with E-state index in [1.54, 1.807) is 0 Å². The molecule has 1 saturated heterocycles. The molecule has 0 amide bonds. The van der Waals surface area contributed by atoms with Crippen molar-refractivity contribution in [3.05, 3.63) is 23.5 Å². The lowest BCUT2D eigenvalue weighted by molar-refractivity contribution is -0.191. The van der Waals surface area contributed by atoms with Crippen LogP contribution in [-0.2, 0) is 18.9 Å². The van der Waals surface area contributed by atoms with Crippen LogP contribution in [0, 0.1) is 0 Å². The normalized spacial score (nSPS) is 33.3. The third-order valence-electron chi connectivity index (χ3n) is 2.81. The van der Waals surface area contributed by atoms with Crippen molar-refractivity contribution in [1.82, 2.24) is 0 Å². The molecular formula is C13H18F4O4. The maximum Gasteiger partial charge on any atom is 0.353 e. The lowest BCUT2D eigenvalue weighted by atomic mass is 10.2.